The van der Waals surface area contributed by atoms with Crippen LogP contribution in [0, 0.1) is 5.92 Å². The number of anilines is 1. The van der Waals surface area contributed by atoms with Gasteiger partial charge >= 0.3 is 0 Å². The van der Waals surface area contributed by atoms with Gasteiger partial charge in [0.15, 0.2) is 5.17 Å². The van der Waals surface area contributed by atoms with E-state index in [2.05, 4.69) is 24.1 Å². The summed E-state index contributed by atoms with van der Waals surface area (Å²) in [5, 5.41) is 4.34. The summed E-state index contributed by atoms with van der Waals surface area (Å²) in [7, 11) is 0. The van der Waals surface area contributed by atoms with Crippen molar-refractivity contribution in [2.24, 2.45) is 10.9 Å². The standard InChI is InChI=1S/C12H17N3S/c1-9(2)11-5-7-16-12(15-11)14-10-4-3-6-13-8-10/h3-4,6,8-9,11H,5,7H2,1-2H3,(H,14,15). The van der Waals surface area contributed by atoms with E-state index in [-0.39, 0.29) is 0 Å². The maximum Gasteiger partial charge on any atom is 0.161 e. The zero-order valence-corrected chi connectivity index (χ0v) is 10.5. The summed E-state index contributed by atoms with van der Waals surface area (Å²) in [6.45, 7) is 4.46. The second-order valence-corrected chi connectivity index (χ2v) is 5.33. The molecule has 0 amide bonds. The molecule has 0 spiro atoms. The summed E-state index contributed by atoms with van der Waals surface area (Å²) in [6.07, 6.45) is 4.78. The van der Waals surface area contributed by atoms with Crippen LogP contribution in [0.5, 0.6) is 0 Å². The SMILES string of the molecule is CC(C)C1CCSC(Nc2cccnc2)=N1. The lowest BCUT2D eigenvalue weighted by Crippen LogP contribution is -2.23. The summed E-state index contributed by atoms with van der Waals surface area (Å²) in [5.74, 6) is 1.76. The molecule has 0 saturated carbocycles. The third kappa shape index (κ3) is 2.98. The van der Waals surface area contributed by atoms with Crippen LogP contribution in [-0.4, -0.2) is 21.9 Å². The Hall–Kier alpha value is -1.03. The van der Waals surface area contributed by atoms with Gasteiger partial charge in [0.1, 0.15) is 0 Å². The molecule has 0 aliphatic carbocycles. The van der Waals surface area contributed by atoms with Gasteiger partial charge in [-0.1, -0.05) is 25.6 Å². The van der Waals surface area contributed by atoms with Gasteiger partial charge in [0.25, 0.3) is 0 Å². The van der Waals surface area contributed by atoms with Crippen LogP contribution in [0.4, 0.5) is 5.69 Å². The van der Waals surface area contributed by atoms with Crippen LogP contribution in [0.25, 0.3) is 0 Å². The predicted molar refractivity (Wildman–Crippen MR) is 71.0 cm³/mol. The zero-order chi connectivity index (χ0) is 11.4. The molecule has 16 heavy (non-hydrogen) atoms. The lowest BCUT2D eigenvalue weighted by atomic mass is 10.0. The van der Waals surface area contributed by atoms with Crippen molar-refractivity contribution in [1.29, 1.82) is 0 Å². The summed E-state index contributed by atoms with van der Waals surface area (Å²) < 4.78 is 0. The van der Waals surface area contributed by atoms with Crippen molar-refractivity contribution >= 4 is 22.6 Å². The summed E-state index contributed by atoms with van der Waals surface area (Å²) in [4.78, 5) is 8.79. The first-order valence-corrected chi connectivity index (χ1v) is 6.62. The molecule has 1 aromatic rings. The summed E-state index contributed by atoms with van der Waals surface area (Å²) in [5.41, 5.74) is 1.01. The smallest absolute Gasteiger partial charge is 0.161 e. The molecule has 1 aliphatic rings. The molecular formula is C12H17N3S. The lowest BCUT2D eigenvalue weighted by molar-refractivity contribution is 0.485. The van der Waals surface area contributed by atoms with Crippen molar-refractivity contribution in [3.05, 3.63) is 24.5 Å². The fraction of sp³-hybridized carbons (Fsp3) is 0.500. The van der Waals surface area contributed by atoms with Gasteiger partial charge in [-0.2, -0.15) is 0 Å². The van der Waals surface area contributed by atoms with E-state index in [0.29, 0.717) is 12.0 Å². The molecule has 0 bridgehead atoms. The Morgan fingerprint density at radius 1 is 1.50 bits per heavy atom. The van der Waals surface area contributed by atoms with Gasteiger partial charge in [-0.15, -0.1) is 0 Å². The highest BCUT2D eigenvalue weighted by Gasteiger charge is 2.18. The van der Waals surface area contributed by atoms with Crippen LogP contribution in [0.15, 0.2) is 29.5 Å². The average Bonchev–Trinajstić information content (AvgIpc) is 2.30. The van der Waals surface area contributed by atoms with Gasteiger partial charge in [0, 0.05) is 11.9 Å². The topological polar surface area (TPSA) is 37.3 Å². The van der Waals surface area contributed by atoms with Crippen molar-refractivity contribution in [2.45, 2.75) is 26.3 Å². The Labute approximate surface area is 101 Å². The lowest BCUT2D eigenvalue weighted by Gasteiger charge is -2.23. The van der Waals surface area contributed by atoms with Crippen molar-refractivity contribution in [1.82, 2.24) is 4.98 Å². The highest BCUT2D eigenvalue weighted by molar-refractivity contribution is 8.14. The van der Waals surface area contributed by atoms with Gasteiger partial charge in [-0.25, -0.2) is 0 Å². The molecule has 0 radical (unpaired) electrons. The predicted octanol–water partition coefficient (Wildman–Crippen LogP) is 3.01. The van der Waals surface area contributed by atoms with Gasteiger partial charge in [-0.3, -0.25) is 9.98 Å². The molecule has 0 aromatic carbocycles. The average molecular weight is 235 g/mol. The highest BCUT2D eigenvalue weighted by Crippen LogP contribution is 2.23. The molecule has 2 rings (SSSR count). The van der Waals surface area contributed by atoms with Crippen molar-refractivity contribution in [2.75, 3.05) is 11.1 Å². The number of aliphatic imine (C=N–C) groups is 1. The van der Waals surface area contributed by atoms with Gasteiger partial charge in [0.2, 0.25) is 0 Å². The molecule has 1 aliphatic heterocycles. The number of hydrogen-bond acceptors (Lipinski definition) is 4. The first-order valence-electron chi connectivity index (χ1n) is 5.63. The maximum absolute atomic E-state index is 4.72. The van der Waals surface area contributed by atoms with E-state index in [0.717, 1.165) is 16.6 Å². The van der Waals surface area contributed by atoms with E-state index in [9.17, 15) is 0 Å². The Kier molecular flexibility index (Phi) is 3.83. The van der Waals surface area contributed by atoms with Crippen molar-refractivity contribution < 1.29 is 0 Å². The number of thioether (sulfide) groups is 1. The molecule has 86 valence electrons. The first kappa shape index (κ1) is 11.5. The Morgan fingerprint density at radius 3 is 3.06 bits per heavy atom. The number of hydrogen-bond donors (Lipinski definition) is 1. The third-order valence-electron chi connectivity index (χ3n) is 2.62. The van der Waals surface area contributed by atoms with Crippen LogP contribution in [0.3, 0.4) is 0 Å². The molecule has 1 unspecified atom stereocenters. The van der Waals surface area contributed by atoms with Crippen LogP contribution in [0.2, 0.25) is 0 Å². The number of amidine groups is 1. The number of nitrogens with zero attached hydrogens (tertiary/aromatic N) is 2. The van der Waals surface area contributed by atoms with Crippen LogP contribution in [0.1, 0.15) is 20.3 Å². The first-order chi connectivity index (χ1) is 7.75. The molecule has 1 atom stereocenters. The van der Waals surface area contributed by atoms with Crippen LogP contribution >= 0.6 is 11.8 Å². The van der Waals surface area contributed by atoms with E-state index in [4.69, 9.17) is 4.99 Å². The second kappa shape index (κ2) is 5.34. The molecule has 0 fully saturated rings. The van der Waals surface area contributed by atoms with Crippen molar-refractivity contribution in [3.63, 3.8) is 0 Å². The minimum Gasteiger partial charge on any atom is -0.334 e. The van der Waals surface area contributed by atoms with E-state index in [1.54, 1.807) is 18.0 Å². The van der Waals surface area contributed by atoms with Gasteiger partial charge < -0.3 is 5.32 Å². The number of rotatable bonds is 2. The Bertz CT molecular complexity index is 362. The fourth-order valence-electron chi connectivity index (χ4n) is 1.64. The second-order valence-electron chi connectivity index (χ2n) is 4.25. The zero-order valence-electron chi connectivity index (χ0n) is 9.68. The van der Waals surface area contributed by atoms with Gasteiger partial charge in [-0.05, 0) is 24.5 Å². The minimum absolute atomic E-state index is 0.459. The van der Waals surface area contributed by atoms with E-state index in [1.807, 2.05) is 18.3 Å². The summed E-state index contributed by atoms with van der Waals surface area (Å²) in [6, 6.07) is 4.39. The molecule has 1 aromatic heterocycles. The largest absolute Gasteiger partial charge is 0.334 e. The molecular weight excluding hydrogens is 218 g/mol. The summed E-state index contributed by atoms with van der Waals surface area (Å²) >= 11 is 1.79. The van der Waals surface area contributed by atoms with Crippen molar-refractivity contribution in [3.8, 4) is 0 Å². The minimum atomic E-state index is 0.459. The molecule has 2 heterocycles. The van der Waals surface area contributed by atoms with Crippen LogP contribution < -0.4 is 5.32 Å². The maximum atomic E-state index is 4.72. The monoisotopic (exact) mass is 235 g/mol. The number of aromatic nitrogens is 1. The third-order valence-corrected chi connectivity index (χ3v) is 3.54. The van der Waals surface area contributed by atoms with E-state index in [1.165, 1.54) is 6.42 Å². The van der Waals surface area contributed by atoms with E-state index < -0.39 is 0 Å². The fourth-order valence-corrected chi connectivity index (χ4v) is 2.59. The van der Waals surface area contributed by atoms with E-state index >= 15 is 0 Å². The number of pyridine rings is 1. The normalized spacial score (nSPS) is 20.7. The Balaban J connectivity index is 2.04. The quantitative estimate of drug-likeness (QED) is 0.856. The molecule has 1 N–H and O–H groups in total. The molecule has 3 nitrogen and oxygen atoms in total. The molecule has 0 saturated heterocycles. The molecule has 4 heteroatoms. The van der Waals surface area contributed by atoms with Crippen LogP contribution in [-0.2, 0) is 0 Å². The van der Waals surface area contributed by atoms with Gasteiger partial charge in [0.05, 0.1) is 17.9 Å². The highest BCUT2D eigenvalue weighted by atomic mass is 32.2. The number of nitrogens with one attached hydrogen (secondary N) is 1. The Morgan fingerprint density at radius 2 is 2.38 bits per heavy atom.